The van der Waals surface area contributed by atoms with Crippen LogP contribution in [0.4, 0.5) is 4.39 Å². The molecule has 0 spiro atoms. The number of halogens is 1. The third-order valence-electron chi connectivity index (χ3n) is 3.24. The van der Waals surface area contributed by atoms with Crippen LogP contribution in [0.5, 0.6) is 0 Å². The van der Waals surface area contributed by atoms with E-state index in [4.69, 9.17) is 4.74 Å². The molecular weight excluding hydrogens is 301 g/mol. The minimum atomic E-state index is -1.13. The van der Waals surface area contributed by atoms with Gasteiger partial charge in [-0.25, -0.2) is 9.18 Å². The van der Waals surface area contributed by atoms with Crippen molar-refractivity contribution in [1.29, 1.82) is 0 Å². The minimum absolute atomic E-state index is 0.150. The molecule has 0 aromatic heterocycles. The molecule has 0 aliphatic heterocycles. The first-order chi connectivity index (χ1) is 10.5. The summed E-state index contributed by atoms with van der Waals surface area (Å²) in [7, 11) is 0. The second-order valence-electron chi connectivity index (χ2n) is 6.54. The van der Waals surface area contributed by atoms with Crippen molar-refractivity contribution < 1.29 is 23.8 Å². The van der Waals surface area contributed by atoms with Gasteiger partial charge in [-0.15, -0.1) is 0 Å². The lowest BCUT2D eigenvalue weighted by Crippen LogP contribution is -2.42. The fourth-order valence-corrected chi connectivity index (χ4v) is 2.06. The van der Waals surface area contributed by atoms with Gasteiger partial charge >= 0.3 is 5.97 Å². The van der Waals surface area contributed by atoms with E-state index in [1.807, 2.05) is 20.8 Å². The number of carboxylic acid groups (broad SMARTS) is 1. The van der Waals surface area contributed by atoms with Gasteiger partial charge in [0.05, 0.1) is 5.60 Å². The second-order valence-corrected chi connectivity index (χ2v) is 6.54. The Labute approximate surface area is 135 Å². The summed E-state index contributed by atoms with van der Waals surface area (Å²) in [5.41, 5.74) is 0.554. The zero-order chi connectivity index (χ0) is 17.8. The Bertz CT molecular complexity index is 570. The molecule has 0 saturated carbocycles. The van der Waals surface area contributed by atoms with Crippen LogP contribution < -0.4 is 5.32 Å². The van der Waals surface area contributed by atoms with Gasteiger partial charge in [0, 0.05) is 18.6 Å². The third-order valence-corrected chi connectivity index (χ3v) is 3.24. The number of amides is 1. The van der Waals surface area contributed by atoms with E-state index >= 15 is 0 Å². The van der Waals surface area contributed by atoms with Gasteiger partial charge in [0.2, 0.25) is 0 Å². The summed E-state index contributed by atoms with van der Waals surface area (Å²) in [5, 5.41) is 11.7. The van der Waals surface area contributed by atoms with Crippen LogP contribution in [0.25, 0.3) is 0 Å². The number of carboxylic acids is 1. The molecule has 0 radical (unpaired) electrons. The summed E-state index contributed by atoms with van der Waals surface area (Å²) in [6.07, 6.45) is 0.150. The van der Waals surface area contributed by atoms with Crippen molar-refractivity contribution in [3.63, 3.8) is 0 Å². The van der Waals surface area contributed by atoms with E-state index in [1.165, 1.54) is 12.1 Å². The van der Waals surface area contributed by atoms with E-state index < -0.39 is 17.9 Å². The van der Waals surface area contributed by atoms with Crippen LogP contribution in [-0.4, -0.2) is 35.2 Å². The molecule has 0 fully saturated rings. The molecule has 1 rings (SSSR count). The molecule has 128 valence electrons. The van der Waals surface area contributed by atoms with Gasteiger partial charge in [-0.3, -0.25) is 4.79 Å². The predicted molar refractivity (Wildman–Crippen MR) is 85.1 cm³/mol. The first kappa shape index (κ1) is 19.1. The van der Waals surface area contributed by atoms with Gasteiger partial charge in [-0.1, -0.05) is 0 Å². The number of aryl methyl sites for hydroxylation is 2. The highest BCUT2D eigenvalue weighted by molar-refractivity contribution is 5.96. The standard InChI is InChI=1S/C17H24FNO4/c1-10-8-12(9-11(2)14(10)18)15(20)19-13(16(21)22)6-7-23-17(3,4)5/h8-9,13H,6-7H2,1-5H3,(H,19,20)(H,21,22). The minimum Gasteiger partial charge on any atom is -0.480 e. The van der Waals surface area contributed by atoms with Crippen LogP contribution in [0.15, 0.2) is 12.1 Å². The zero-order valence-corrected chi connectivity index (χ0v) is 14.2. The van der Waals surface area contributed by atoms with Crippen molar-refractivity contribution in [3.05, 3.63) is 34.6 Å². The van der Waals surface area contributed by atoms with E-state index in [2.05, 4.69) is 5.32 Å². The number of hydrogen-bond donors (Lipinski definition) is 2. The molecule has 0 aliphatic carbocycles. The maximum atomic E-state index is 13.6. The first-order valence-corrected chi connectivity index (χ1v) is 7.45. The Morgan fingerprint density at radius 2 is 1.78 bits per heavy atom. The zero-order valence-electron chi connectivity index (χ0n) is 14.2. The quantitative estimate of drug-likeness (QED) is 0.843. The first-order valence-electron chi connectivity index (χ1n) is 7.45. The van der Waals surface area contributed by atoms with Crippen molar-refractivity contribution in [2.24, 2.45) is 0 Å². The number of rotatable bonds is 6. The SMILES string of the molecule is Cc1cc(C(=O)NC(CCOC(C)(C)C)C(=O)O)cc(C)c1F. The fourth-order valence-electron chi connectivity index (χ4n) is 2.06. The lowest BCUT2D eigenvalue weighted by atomic mass is 10.1. The maximum absolute atomic E-state index is 13.6. The molecule has 0 aliphatic rings. The van der Waals surface area contributed by atoms with E-state index in [0.717, 1.165) is 0 Å². The number of nitrogens with one attached hydrogen (secondary N) is 1. The number of ether oxygens (including phenoxy) is 1. The molecule has 2 N–H and O–H groups in total. The molecule has 1 amide bonds. The van der Waals surface area contributed by atoms with Crippen LogP contribution in [0.1, 0.15) is 48.7 Å². The third kappa shape index (κ3) is 5.98. The van der Waals surface area contributed by atoms with E-state index in [-0.39, 0.29) is 30.0 Å². The molecule has 0 bridgehead atoms. The highest BCUT2D eigenvalue weighted by Crippen LogP contribution is 2.15. The summed E-state index contributed by atoms with van der Waals surface area (Å²) in [6.45, 7) is 8.93. The molecule has 1 aromatic rings. The molecule has 6 heteroatoms. The topological polar surface area (TPSA) is 75.6 Å². The molecule has 0 saturated heterocycles. The number of hydrogen-bond acceptors (Lipinski definition) is 3. The number of carbonyl (C=O) groups excluding carboxylic acids is 1. The molecule has 1 unspecified atom stereocenters. The summed E-state index contributed by atoms with van der Waals surface area (Å²) < 4.78 is 19.1. The summed E-state index contributed by atoms with van der Waals surface area (Å²) in [5.74, 6) is -2.04. The molecular formula is C17H24FNO4. The highest BCUT2D eigenvalue weighted by Gasteiger charge is 2.22. The van der Waals surface area contributed by atoms with Gasteiger partial charge in [-0.05, 0) is 57.9 Å². The fraction of sp³-hybridized carbons (Fsp3) is 0.529. The largest absolute Gasteiger partial charge is 0.480 e. The second kappa shape index (κ2) is 7.55. The van der Waals surface area contributed by atoms with Gasteiger partial charge in [0.1, 0.15) is 11.9 Å². The van der Waals surface area contributed by atoms with Crippen LogP contribution >= 0.6 is 0 Å². The van der Waals surface area contributed by atoms with Crippen molar-refractivity contribution in [1.82, 2.24) is 5.32 Å². The Hall–Kier alpha value is -1.95. The van der Waals surface area contributed by atoms with Crippen LogP contribution in [0.2, 0.25) is 0 Å². The lowest BCUT2D eigenvalue weighted by molar-refractivity contribution is -0.140. The van der Waals surface area contributed by atoms with E-state index in [1.54, 1.807) is 13.8 Å². The Morgan fingerprint density at radius 1 is 1.26 bits per heavy atom. The molecule has 1 aromatic carbocycles. The van der Waals surface area contributed by atoms with Gasteiger partial charge in [0.25, 0.3) is 5.91 Å². The van der Waals surface area contributed by atoms with Crippen molar-refractivity contribution in [3.8, 4) is 0 Å². The Kier molecular flexibility index (Phi) is 6.27. The summed E-state index contributed by atoms with van der Waals surface area (Å²) >= 11 is 0. The molecule has 23 heavy (non-hydrogen) atoms. The Balaban J connectivity index is 2.77. The average molecular weight is 325 g/mol. The predicted octanol–water partition coefficient (Wildman–Crippen LogP) is 2.83. The number of carbonyl (C=O) groups is 2. The van der Waals surface area contributed by atoms with Gasteiger partial charge < -0.3 is 15.2 Å². The number of aliphatic carboxylic acids is 1. The van der Waals surface area contributed by atoms with Crippen LogP contribution in [0.3, 0.4) is 0 Å². The van der Waals surface area contributed by atoms with Gasteiger partial charge in [-0.2, -0.15) is 0 Å². The number of benzene rings is 1. The van der Waals surface area contributed by atoms with Crippen molar-refractivity contribution >= 4 is 11.9 Å². The molecule has 5 nitrogen and oxygen atoms in total. The summed E-state index contributed by atoms with van der Waals surface area (Å²) in [4.78, 5) is 23.5. The monoisotopic (exact) mass is 325 g/mol. The highest BCUT2D eigenvalue weighted by atomic mass is 19.1. The van der Waals surface area contributed by atoms with Crippen LogP contribution in [0, 0.1) is 19.7 Å². The summed E-state index contributed by atoms with van der Waals surface area (Å²) in [6, 6.07) is 1.75. The Morgan fingerprint density at radius 3 is 2.22 bits per heavy atom. The average Bonchev–Trinajstić information content (AvgIpc) is 2.41. The lowest BCUT2D eigenvalue weighted by Gasteiger charge is -2.21. The maximum Gasteiger partial charge on any atom is 0.326 e. The van der Waals surface area contributed by atoms with E-state index in [9.17, 15) is 19.1 Å². The van der Waals surface area contributed by atoms with Gasteiger partial charge in [0.15, 0.2) is 0 Å². The van der Waals surface area contributed by atoms with Crippen LogP contribution in [-0.2, 0) is 9.53 Å². The molecule has 1 atom stereocenters. The van der Waals surface area contributed by atoms with E-state index in [0.29, 0.717) is 11.1 Å². The molecule has 0 heterocycles. The van der Waals surface area contributed by atoms with Crippen molar-refractivity contribution in [2.75, 3.05) is 6.61 Å². The normalized spacial score (nSPS) is 12.8. The smallest absolute Gasteiger partial charge is 0.326 e. The van der Waals surface area contributed by atoms with Crippen molar-refractivity contribution in [2.45, 2.75) is 52.7 Å².